The molecule has 3 rings (SSSR count). The van der Waals surface area contributed by atoms with Gasteiger partial charge in [-0.15, -0.1) is 5.10 Å². The molecule has 1 aromatic carbocycles. The van der Waals surface area contributed by atoms with Crippen molar-refractivity contribution in [3.63, 3.8) is 0 Å². The highest BCUT2D eigenvalue weighted by Crippen LogP contribution is 2.49. The van der Waals surface area contributed by atoms with Gasteiger partial charge in [-0.3, -0.25) is 4.79 Å². The Kier molecular flexibility index (Phi) is 4.53. The molecular weight excluding hydrogens is 360 g/mol. The van der Waals surface area contributed by atoms with Crippen molar-refractivity contribution >= 4 is 27.4 Å². The Labute approximate surface area is 149 Å². The molecule has 26 heavy (non-hydrogen) atoms. The van der Waals surface area contributed by atoms with E-state index in [0.717, 1.165) is 12.8 Å². The van der Waals surface area contributed by atoms with Gasteiger partial charge in [-0.25, -0.2) is 17.9 Å². The maximum atomic E-state index is 12.3. The summed E-state index contributed by atoms with van der Waals surface area (Å²) in [7, 11) is -3.13. The molecule has 0 unspecified atom stereocenters. The molecule has 0 atom stereocenters. The zero-order valence-electron chi connectivity index (χ0n) is 14.0. The maximum absolute atomic E-state index is 12.3. The molecule has 0 aliphatic heterocycles. The third kappa shape index (κ3) is 4.45. The normalized spacial score (nSPS) is 15.4. The number of aromatic carboxylic acids is 1. The molecule has 1 aliphatic carbocycles. The highest BCUT2D eigenvalue weighted by Gasteiger charge is 2.46. The van der Waals surface area contributed by atoms with E-state index in [0.29, 0.717) is 11.4 Å². The third-order valence-electron chi connectivity index (χ3n) is 4.17. The van der Waals surface area contributed by atoms with Crippen molar-refractivity contribution in [3.8, 4) is 5.69 Å². The lowest BCUT2D eigenvalue weighted by molar-refractivity contribution is -0.117. The van der Waals surface area contributed by atoms with Crippen molar-refractivity contribution in [2.75, 3.05) is 17.3 Å². The molecule has 1 aliphatic rings. The van der Waals surface area contributed by atoms with Crippen LogP contribution in [0.15, 0.2) is 30.5 Å². The van der Waals surface area contributed by atoms with Crippen molar-refractivity contribution in [1.82, 2.24) is 15.0 Å². The van der Waals surface area contributed by atoms with Gasteiger partial charge < -0.3 is 10.4 Å². The number of nitrogens with one attached hydrogen (secondary N) is 1. The largest absolute Gasteiger partial charge is 0.476 e. The number of carboxylic acid groups (broad SMARTS) is 1. The average molecular weight is 378 g/mol. The fraction of sp³-hybridized carbons (Fsp3) is 0.375. The van der Waals surface area contributed by atoms with E-state index in [2.05, 4.69) is 15.6 Å². The number of carbonyl (C=O) groups excluding carboxylic acids is 1. The molecule has 10 heteroatoms. The highest BCUT2D eigenvalue weighted by molar-refractivity contribution is 7.90. The number of hydrogen-bond donors (Lipinski definition) is 2. The summed E-state index contributed by atoms with van der Waals surface area (Å²) < 4.78 is 24.3. The maximum Gasteiger partial charge on any atom is 0.358 e. The number of nitrogens with zero attached hydrogens (tertiary/aromatic N) is 3. The molecule has 0 spiro atoms. The van der Waals surface area contributed by atoms with Crippen LogP contribution in [0.2, 0.25) is 0 Å². The Morgan fingerprint density at radius 3 is 2.65 bits per heavy atom. The molecule has 1 aromatic heterocycles. The van der Waals surface area contributed by atoms with E-state index in [1.165, 1.54) is 17.1 Å². The number of amides is 1. The molecule has 0 radical (unpaired) electrons. The Morgan fingerprint density at radius 2 is 2.08 bits per heavy atom. The van der Waals surface area contributed by atoms with Crippen molar-refractivity contribution in [1.29, 1.82) is 0 Å². The summed E-state index contributed by atoms with van der Waals surface area (Å²) in [5.41, 5.74) is 0.420. The standard InChI is InChI=1S/C16H18N4O5S/c1-26(24,25)10-16(5-6-16)8-14(21)17-11-3-2-4-12(7-11)20-9-13(15(22)23)18-19-20/h2-4,7,9H,5-6,8,10H2,1H3,(H,17,21)(H,22,23). The zero-order chi connectivity index (χ0) is 18.9. The first kappa shape index (κ1) is 18.1. The van der Waals surface area contributed by atoms with Gasteiger partial charge in [-0.05, 0) is 36.5 Å². The van der Waals surface area contributed by atoms with Crippen LogP contribution in [0.3, 0.4) is 0 Å². The smallest absolute Gasteiger partial charge is 0.358 e. The molecule has 138 valence electrons. The molecule has 9 nitrogen and oxygen atoms in total. The van der Waals surface area contributed by atoms with Gasteiger partial charge in [0.15, 0.2) is 5.69 Å². The monoisotopic (exact) mass is 378 g/mol. The van der Waals surface area contributed by atoms with Gasteiger partial charge in [0.25, 0.3) is 0 Å². The van der Waals surface area contributed by atoms with Crippen LogP contribution < -0.4 is 5.32 Å². The minimum atomic E-state index is -3.13. The summed E-state index contributed by atoms with van der Waals surface area (Å²) in [6.45, 7) is 0. The molecule has 0 bridgehead atoms. The van der Waals surface area contributed by atoms with Crippen LogP contribution in [0.4, 0.5) is 5.69 Å². The molecule has 2 N–H and O–H groups in total. The number of anilines is 1. The van der Waals surface area contributed by atoms with Crippen LogP contribution in [-0.4, -0.2) is 52.4 Å². The van der Waals surface area contributed by atoms with Crippen LogP contribution in [-0.2, 0) is 14.6 Å². The van der Waals surface area contributed by atoms with Gasteiger partial charge in [0.05, 0.1) is 17.6 Å². The van der Waals surface area contributed by atoms with Crippen molar-refractivity contribution in [2.24, 2.45) is 5.41 Å². The van der Waals surface area contributed by atoms with Crippen LogP contribution >= 0.6 is 0 Å². The van der Waals surface area contributed by atoms with E-state index in [1.807, 2.05) is 0 Å². The number of rotatable bonds is 7. The van der Waals surface area contributed by atoms with Gasteiger partial charge in [-0.1, -0.05) is 11.3 Å². The average Bonchev–Trinajstić information content (AvgIpc) is 3.08. The number of carbonyl (C=O) groups is 2. The van der Waals surface area contributed by atoms with E-state index < -0.39 is 21.2 Å². The van der Waals surface area contributed by atoms with E-state index in [-0.39, 0.29) is 23.8 Å². The first-order valence-electron chi connectivity index (χ1n) is 7.90. The van der Waals surface area contributed by atoms with Gasteiger partial charge in [0.2, 0.25) is 5.91 Å². The topological polar surface area (TPSA) is 131 Å². The summed E-state index contributed by atoms with van der Waals surface area (Å²) in [4.78, 5) is 23.2. The third-order valence-corrected chi connectivity index (χ3v) is 5.30. The minimum absolute atomic E-state index is 0.0182. The first-order chi connectivity index (χ1) is 12.2. The molecule has 0 saturated heterocycles. The predicted octanol–water partition coefficient (Wildman–Crippen LogP) is 1.12. The fourth-order valence-electron chi connectivity index (χ4n) is 2.87. The number of hydrogen-bond acceptors (Lipinski definition) is 6. The van der Waals surface area contributed by atoms with E-state index in [1.54, 1.807) is 24.3 Å². The minimum Gasteiger partial charge on any atom is -0.476 e. The lowest BCUT2D eigenvalue weighted by Crippen LogP contribution is -2.23. The van der Waals surface area contributed by atoms with Crippen molar-refractivity contribution in [3.05, 3.63) is 36.2 Å². The molecule has 1 fully saturated rings. The van der Waals surface area contributed by atoms with Gasteiger partial charge in [0.1, 0.15) is 9.84 Å². The Hall–Kier alpha value is -2.75. The van der Waals surface area contributed by atoms with Crippen LogP contribution in [0.1, 0.15) is 29.8 Å². The fourth-order valence-corrected chi connectivity index (χ4v) is 4.37. The Balaban J connectivity index is 1.69. The summed E-state index contributed by atoms with van der Waals surface area (Å²) in [6, 6.07) is 6.71. The quantitative estimate of drug-likeness (QED) is 0.738. The summed E-state index contributed by atoms with van der Waals surface area (Å²) in [5, 5.41) is 18.9. The van der Waals surface area contributed by atoms with Crippen molar-refractivity contribution in [2.45, 2.75) is 19.3 Å². The highest BCUT2D eigenvalue weighted by atomic mass is 32.2. The molecule has 1 saturated carbocycles. The summed E-state index contributed by atoms with van der Waals surface area (Å²) in [5.74, 6) is -1.42. The predicted molar refractivity (Wildman–Crippen MR) is 92.9 cm³/mol. The van der Waals surface area contributed by atoms with Gasteiger partial charge in [-0.2, -0.15) is 0 Å². The van der Waals surface area contributed by atoms with Crippen LogP contribution in [0.5, 0.6) is 0 Å². The van der Waals surface area contributed by atoms with Crippen LogP contribution in [0.25, 0.3) is 5.69 Å². The zero-order valence-corrected chi connectivity index (χ0v) is 14.9. The van der Waals surface area contributed by atoms with Crippen LogP contribution in [0, 0.1) is 5.41 Å². The van der Waals surface area contributed by atoms with Gasteiger partial charge >= 0.3 is 5.97 Å². The van der Waals surface area contributed by atoms with Gasteiger partial charge in [0, 0.05) is 18.4 Å². The molecule has 1 heterocycles. The second-order valence-electron chi connectivity index (χ2n) is 6.70. The molecule has 1 amide bonds. The van der Waals surface area contributed by atoms with E-state index >= 15 is 0 Å². The number of carboxylic acids is 1. The lowest BCUT2D eigenvalue weighted by Gasteiger charge is -2.14. The lowest BCUT2D eigenvalue weighted by atomic mass is 10.1. The Morgan fingerprint density at radius 1 is 1.35 bits per heavy atom. The molecular formula is C16H18N4O5S. The second kappa shape index (κ2) is 6.52. The Bertz CT molecular complexity index is 963. The van der Waals surface area contributed by atoms with E-state index in [4.69, 9.17) is 5.11 Å². The number of benzene rings is 1. The first-order valence-corrected chi connectivity index (χ1v) is 9.96. The van der Waals surface area contributed by atoms with E-state index in [9.17, 15) is 18.0 Å². The second-order valence-corrected chi connectivity index (χ2v) is 8.84. The summed E-state index contributed by atoms with van der Waals surface area (Å²) >= 11 is 0. The van der Waals surface area contributed by atoms with Crippen molar-refractivity contribution < 1.29 is 23.1 Å². The summed E-state index contributed by atoms with van der Waals surface area (Å²) in [6.07, 6.45) is 4.05. The number of sulfone groups is 1. The SMILES string of the molecule is CS(=O)(=O)CC1(CC(=O)Nc2cccc(-n3cc(C(=O)O)nn3)c2)CC1. The number of aromatic nitrogens is 3. The molecule has 2 aromatic rings.